The third kappa shape index (κ3) is 3.72. The van der Waals surface area contributed by atoms with Crippen molar-refractivity contribution in [2.24, 2.45) is 5.92 Å². The monoisotopic (exact) mass is 462 g/mol. The van der Waals surface area contributed by atoms with Crippen LogP contribution in [-0.2, 0) is 17.6 Å². The number of nitrogens with zero attached hydrogens (tertiary/aromatic N) is 1. The molecule has 5 rings (SSSR count). The predicted octanol–water partition coefficient (Wildman–Crippen LogP) is 6.19. The lowest BCUT2D eigenvalue weighted by Crippen LogP contribution is -2.16. The van der Waals surface area contributed by atoms with E-state index in [1.54, 1.807) is 11.3 Å². The molecule has 3 heterocycles. The first-order chi connectivity index (χ1) is 15.5. The van der Waals surface area contributed by atoms with Crippen LogP contribution in [0.25, 0.3) is 21.5 Å². The van der Waals surface area contributed by atoms with Gasteiger partial charge in [-0.2, -0.15) is 0 Å². The van der Waals surface area contributed by atoms with Crippen molar-refractivity contribution in [3.05, 3.63) is 69.4 Å². The van der Waals surface area contributed by atoms with Crippen LogP contribution in [0.5, 0.6) is 0 Å². The van der Waals surface area contributed by atoms with Gasteiger partial charge >= 0.3 is 5.97 Å². The maximum absolute atomic E-state index is 13.5. The maximum Gasteiger partial charge on any atom is 0.341 e. The van der Waals surface area contributed by atoms with Crippen molar-refractivity contribution in [3.8, 4) is 10.6 Å². The lowest BCUT2D eigenvalue weighted by Gasteiger charge is -2.18. The molecule has 4 aromatic rings. The summed E-state index contributed by atoms with van der Waals surface area (Å²) in [4.78, 5) is 33.0. The Morgan fingerprint density at radius 3 is 2.81 bits per heavy atom. The standard InChI is InChI=1S/C25H22N2O3S2/c1-14-9-10-16-21(12-14)32-24(22(16)25(29)30-2)27-23(28)17-13-19(20-8-5-11-31-20)26-18-7-4-3-6-15(17)18/h3-8,11,13-14H,9-10,12H2,1-2H3,(H,27,28). The van der Waals surface area contributed by atoms with E-state index >= 15 is 0 Å². The number of ether oxygens (including phenoxy) is 1. The lowest BCUT2D eigenvalue weighted by molar-refractivity contribution is 0.0601. The number of nitrogens with one attached hydrogen (secondary N) is 1. The molecule has 32 heavy (non-hydrogen) atoms. The lowest BCUT2D eigenvalue weighted by atomic mass is 9.88. The van der Waals surface area contributed by atoms with E-state index in [1.165, 1.54) is 23.3 Å². The van der Waals surface area contributed by atoms with Crippen molar-refractivity contribution >= 4 is 50.5 Å². The molecule has 1 N–H and O–H groups in total. The molecular weight excluding hydrogens is 440 g/mol. The molecule has 162 valence electrons. The number of anilines is 1. The highest BCUT2D eigenvalue weighted by molar-refractivity contribution is 7.17. The van der Waals surface area contributed by atoms with Crippen LogP contribution in [0.1, 0.15) is 44.5 Å². The number of pyridine rings is 1. The molecule has 0 fully saturated rings. The molecule has 0 radical (unpaired) electrons. The molecule has 5 nitrogen and oxygen atoms in total. The van der Waals surface area contributed by atoms with Crippen LogP contribution in [0.15, 0.2) is 47.8 Å². The van der Waals surface area contributed by atoms with Crippen molar-refractivity contribution in [3.63, 3.8) is 0 Å². The summed E-state index contributed by atoms with van der Waals surface area (Å²) in [6.07, 6.45) is 2.77. The highest BCUT2D eigenvalue weighted by Gasteiger charge is 2.29. The Balaban J connectivity index is 1.58. The molecule has 1 amide bonds. The second kappa shape index (κ2) is 8.48. The van der Waals surface area contributed by atoms with Gasteiger partial charge in [0.2, 0.25) is 0 Å². The summed E-state index contributed by atoms with van der Waals surface area (Å²) in [6, 6.07) is 13.4. The van der Waals surface area contributed by atoms with Crippen molar-refractivity contribution in [1.82, 2.24) is 4.98 Å². The number of hydrogen-bond acceptors (Lipinski definition) is 6. The van der Waals surface area contributed by atoms with E-state index in [2.05, 4.69) is 12.2 Å². The Hall–Kier alpha value is -3.03. The number of methoxy groups -OCH3 is 1. The number of esters is 1. The van der Waals surface area contributed by atoms with Gasteiger partial charge < -0.3 is 10.1 Å². The van der Waals surface area contributed by atoms with Gasteiger partial charge in [0.1, 0.15) is 5.00 Å². The minimum atomic E-state index is -0.397. The molecule has 0 saturated carbocycles. The summed E-state index contributed by atoms with van der Waals surface area (Å²) in [7, 11) is 1.38. The minimum Gasteiger partial charge on any atom is -0.465 e. The average molecular weight is 463 g/mol. The highest BCUT2D eigenvalue weighted by atomic mass is 32.1. The fraction of sp³-hybridized carbons (Fsp3) is 0.240. The number of para-hydroxylation sites is 1. The van der Waals surface area contributed by atoms with Crippen LogP contribution in [-0.4, -0.2) is 24.0 Å². The number of amides is 1. The maximum atomic E-state index is 13.5. The van der Waals surface area contributed by atoms with Gasteiger partial charge in [0, 0.05) is 10.3 Å². The second-order valence-electron chi connectivity index (χ2n) is 8.05. The number of thiophene rings is 2. The number of carbonyl (C=O) groups excluding carboxylic acids is 2. The first kappa shape index (κ1) is 20.8. The second-order valence-corrected chi connectivity index (χ2v) is 10.1. The molecule has 0 spiro atoms. The van der Waals surface area contributed by atoms with Crippen molar-refractivity contribution < 1.29 is 14.3 Å². The predicted molar refractivity (Wildman–Crippen MR) is 130 cm³/mol. The molecule has 3 aromatic heterocycles. The zero-order valence-corrected chi connectivity index (χ0v) is 19.4. The van der Waals surface area contributed by atoms with Crippen LogP contribution in [0, 0.1) is 5.92 Å². The van der Waals surface area contributed by atoms with Crippen LogP contribution in [0.2, 0.25) is 0 Å². The molecule has 1 aliphatic carbocycles. The number of hydrogen-bond donors (Lipinski definition) is 1. The normalized spacial score (nSPS) is 15.4. The van der Waals surface area contributed by atoms with Gasteiger partial charge in [-0.15, -0.1) is 22.7 Å². The minimum absolute atomic E-state index is 0.252. The van der Waals surface area contributed by atoms with Gasteiger partial charge in [-0.1, -0.05) is 31.2 Å². The van der Waals surface area contributed by atoms with Crippen LogP contribution >= 0.6 is 22.7 Å². The summed E-state index contributed by atoms with van der Waals surface area (Å²) in [5, 5.41) is 6.37. The molecule has 1 aromatic carbocycles. The first-order valence-corrected chi connectivity index (χ1v) is 12.2. The quantitative estimate of drug-likeness (QED) is 0.367. The van der Waals surface area contributed by atoms with Gasteiger partial charge in [0.15, 0.2) is 0 Å². The number of rotatable bonds is 4. The topological polar surface area (TPSA) is 68.3 Å². The van der Waals surface area contributed by atoms with Crippen molar-refractivity contribution in [1.29, 1.82) is 0 Å². The molecule has 0 bridgehead atoms. The van der Waals surface area contributed by atoms with E-state index in [4.69, 9.17) is 9.72 Å². The Kier molecular flexibility index (Phi) is 5.53. The van der Waals surface area contributed by atoms with Crippen LogP contribution < -0.4 is 5.32 Å². The summed E-state index contributed by atoms with van der Waals surface area (Å²) in [5.74, 6) is -0.0860. The SMILES string of the molecule is COC(=O)c1c(NC(=O)c2cc(-c3cccs3)nc3ccccc23)sc2c1CCC(C)C2. The van der Waals surface area contributed by atoms with Gasteiger partial charge in [-0.25, -0.2) is 9.78 Å². The van der Waals surface area contributed by atoms with Crippen molar-refractivity contribution in [2.45, 2.75) is 26.2 Å². The Morgan fingerprint density at radius 2 is 2.03 bits per heavy atom. The molecule has 0 aliphatic heterocycles. The first-order valence-electron chi connectivity index (χ1n) is 10.5. The van der Waals surface area contributed by atoms with Crippen molar-refractivity contribution in [2.75, 3.05) is 12.4 Å². The number of fused-ring (bicyclic) bond motifs is 2. The molecule has 1 aliphatic rings. The fourth-order valence-corrected chi connectivity index (χ4v) is 6.32. The zero-order valence-electron chi connectivity index (χ0n) is 17.8. The largest absolute Gasteiger partial charge is 0.465 e. The number of carbonyl (C=O) groups is 2. The summed E-state index contributed by atoms with van der Waals surface area (Å²) in [6.45, 7) is 2.22. The molecule has 7 heteroatoms. The van der Waals surface area contributed by atoms with Gasteiger partial charge in [-0.3, -0.25) is 4.79 Å². The Labute approximate surface area is 194 Å². The van der Waals surface area contributed by atoms with E-state index in [0.717, 1.165) is 46.3 Å². The van der Waals surface area contributed by atoms with Crippen LogP contribution in [0.4, 0.5) is 5.00 Å². The van der Waals surface area contributed by atoms with E-state index in [1.807, 2.05) is 47.8 Å². The molecule has 1 unspecified atom stereocenters. The summed E-state index contributed by atoms with van der Waals surface area (Å²) in [5.41, 5.74) is 3.58. The van der Waals surface area contributed by atoms with Crippen LogP contribution in [0.3, 0.4) is 0 Å². The third-order valence-electron chi connectivity index (χ3n) is 5.86. The Bertz CT molecular complexity index is 1320. The zero-order chi connectivity index (χ0) is 22.2. The van der Waals surface area contributed by atoms with E-state index in [0.29, 0.717) is 22.0 Å². The van der Waals surface area contributed by atoms with E-state index in [9.17, 15) is 9.59 Å². The Morgan fingerprint density at radius 1 is 1.19 bits per heavy atom. The summed E-state index contributed by atoms with van der Waals surface area (Å²) >= 11 is 3.08. The number of aromatic nitrogens is 1. The van der Waals surface area contributed by atoms with E-state index in [-0.39, 0.29) is 5.91 Å². The van der Waals surface area contributed by atoms with Gasteiger partial charge in [-0.05, 0) is 54.3 Å². The summed E-state index contributed by atoms with van der Waals surface area (Å²) < 4.78 is 5.06. The van der Waals surface area contributed by atoms with Gasteiger partial charge in [0.25, 0.3) is 5.91 Å². The third-order valence-corrected chi connectivity index (χ3v) is 7.92. The average Bonchev–Trinajstić information content (AvgIpc) is 3.45. The highest BCUT2D eigenvalue weighted by Crippen LogP contribution is 2.40. The fourth-order valence-electron chi connectivity index (χ4n) is 4.24. The molecule has 1 atom stereocenters. The number of benzene rings is 1. The van der Waals surface area contributed by atoms with E-state index < -0.39 is 5.97 Å². The smallest absolute Gasteiger partial charge is 0.341 e. The van der Waals surface area contributed by atoms with Gasteiger partial charge in [0.05, 0.1) is 34.3 Å². The molecular formula is C25H22N2O3S2. The molecule has 0 saturated heterocycles.